The Balaban J connectivity index is 2.63. The summed E-state index contributed by atoms with van der Waals surface area (Å²) in [5.41, 5.74) is 5.25. The van der Waals surface area contributed by atoms with Crippen LogP contribution in [-0.2, 0) is 9.53 Å². The van der Waals surface area contributed by atoms with Gasteiger partial charge in [0, 0.05) is 18.6 Å². The van der Waals surface area contributed by atoms with Crippen LogP contribution in [0.3, 0.4) is 0 Å². The second-order valence-electron chi connectivity index (χ2n) is 5.09. The molecule has 1 aliphatic heterocycles. The average Bonchev–Trinajstić information content (AvgIpc) is 2.26. The third-order valence-corrected chi connectivity index (χ3v) is 3.43. The van der Waals surface area contributed by atoms with Crippen LogP contribution in [0.4, 0.5) is 0 Å². The molecule has 100 valence electrons. The summed E-state index contributed by atoms with van der Waals surface area (Å²) in [6.07, 6.45) is 5.74. The highest BCUT2D eigenvalue weighted by Crippen LogP contribution is 2.30. The van der Waals surface area contributed by atoms with Gasteiger partial charge in [0.05, 0.1) is 6.10 Å². The first-order chi connectivity index (χ1) is 8.12. The van der Waals surface area contributed by atoms with Gasteiger partial charge in [-0.3, -0.25) is 4.79 Å². The van der Waals surface area contributed by atoms with Gasteiger partial charge in [0.2, 0.25) is 5.91 Å². The van der Waals surface area contributed by atoms with E-state index in [0.717, 1.165) is 45.3 Å². The monoisotopic (exact) mass is 242 g/mol. The number of amides is 1. The zero-order valence-corrected chi connectivity index (χ0v) is 11.1. The van der Waals surface area contributed by atoms with E-state index in [4.69, 9.17) is 10.5 Å². The molecule has 1 heterocycles. The van der Waals surface area contributed by atoms with Crippen LogP contribution in [0.25, 0.3) is 0 Å². The van der Waals surface area contributed by atoms with E-state index in [9.17, 15) is 4.79 Å². The first-order valence-electron chi connectivity index (χ1n) is 6.77. The largest absolute Gasteiger partial charge is 0.378 e. The molecule has 1 amide bonds. The second kappa shape index (κ2) is 6.97. The number of ether oxygens (including phenoxy) is 1. The molecule has 1 aliphatic rings. The molecular weight excluding hydrogens is 216 g/mol. The fourth-order valence-corrected chi connectivity index (χ4v) is 2.63. The fourth-order valence-electron chi connectivity index (χ4n) is 2.63. The standard InChI is InChI=1S/C13H26N2O2/c1-3-5-11-9-13(6-8-17-11,10-12(14)16)15-7-4-2/h11,15H,3-10H2,1-2H3,(H2,14,16). The maximum absolute atomic E-state index is 11.2. The van der Waals surface area contributed by atoms with Gasteiger partial charge < -0.3 is 15.8 Å². The Morgan fingerprint density at radius 1 is 1.47 bits per heavy atom. The topological polar surface area (TPSA) is 64.3 Å². The molecule has 17 heavy (non-hydrogen) atoms. The maximum Gasteiger partial charge on any atom is 0.219 e. The number of carbonyl (C=O) groups excluding carboxylic acids is 1. The number of hydrogen-bond donors (Lipinski definition) is 2. The minimum atomic E-state index is -0.217. The Morgan fingerprint density at radius 2 is 2.24 bits per heavy atom. The lowest BCUT2D eigenvalue weighted by Crippen LogP contribution is -2.54. The van der Waals surface area contributed by atoms with Gasteiger partial charge in [-0.15, -0.1) is 0 Å². The molecule has 0 aromatic heterocycles. The van der Waals surface area contributed by atoms with E-state index in [-0.39, 0.29) is 17.6 Å². The number of hydrogen-bond acceptors (Lipinski definition) is 3. The van der Waals surface area contributed by atoms with Gasteiger partial charge in [-0.2, -0.15) is 0 Å². The molecule has 3 N–H and O–H groups in total. The number of primary amides is 1. The summed E-state index contributed by atoms with van der Waals surface area (Å²) in [6.45, 7) is 5.96. The molecule has 1 rings (SSSR count). The van der Waals surface area contributed by atoms with Gasteiger partial charge in [0.25, 0.3) is 0 Å². The third-order valence-electron chi connectivity index (χ3n) is 3.43. The van der Waals surface area contributed by atoms with Gasteiger partial charge in [-0.25, -0.2) is 0 Å². The van der Waals surface area contributed by atoms with Gasteiger partial charge >= 0.3 is 0 Å². The van der Waals surface area contributed by atoms with Crippen molar-refractivity contribution in [2.75, 3.05) is 13.2 Å². The fraction of sp³-hybridized carbons (Fsp3) is 0.923. The second-order valence-corrected chi connectivity index (χ2v) is 5.09. The lowest BCUT2D eigenvalue weighted by atomic mass is 9.82. The van der Waals surface area contributed by atoms with E-state index in [1.165, 1.54) is 0 Å². The first-order valence-corrected chi connectivity index (χ1v) is 6.77. The smallest absolute Gasteiger partial charge is 0.219 e. The first kappa shape index (κ1) is 14.5. The summed E-state index contributed by atoms with van der Waals surface area (Å²) in [4.78, 5) is 11.2. The summed E-state index contributed by atoms with van der Waals surface area (Å²) in [5, 5.41) is 3.52. The minimum absolute atomic E-state index is 0.125. The quantitative estimate of drug-likeness (QED) is 0.712. The van der Waals surface area contributed by atoms with E-state index in [2.05, 4.69) is 19.2 Å². The van der Waals surface area contributed by atoms with Crippen molar-refractivity contribution >= 4 is 5.91 Å². The van der Waals surface area contributed by atoms with Crippen LogP contribution in [-0.4, -0.2) is 30.7 Å². The SMILES string of the molecule is CCCNC1(CC(N)=O)CCOC(CCC)C1. The summed E-state index contributed by atoms with van der Waals surface area (Å²) < 4.78 is 5.74. The van der Waals surface area contributed by atoms with Crippen LogP contribution in [0.15, 0.2) is 0 Å². The molecule has 0 aromatic rings. The van der Waals surface area contributed by atoms with E-state index < -0.39 is 0 Å². The lowest BCUT2D eigenvalue weighted by molar-refractivity contribution is -0.121. The Morgan fingerprint density at radius 3 is 2.82 bits per heavy atom. The highest BCUT2D eigenvalue weighted by Gasteiger charge is 2.37. The van der Waals surface area contributed by atoms with Crippen LogP contribution in [0.1, 0.15) is 52.4 Å². The number of rotatable bonds is 7. The van der Waals surface area contributed by atoms with Gasteiger partial charge in [0.15, 0.2) is 0 Å². The van der Waals surface area contributed by atoms with Gasteiger partial charge in [0.1, 0.15) is 0 Å². The van der Waals surface area contributed by atoms with Crippen LogP contribution in [0.2, 0.25) is 0 Å². The average molecular weight is 242 g/mol. The van der Waals surface area contributed by atoms with Crippen molar-refractivity contribution in [3.05, 3.63) is 0 Å². The van der Waals surface area contributed by atoms with Crippen LogP contribution in [0, 0.1) is 0 Å². The number of nitrogens with two attached hydrogens (primary N) is 1. The molecule has 2 unspecified atom stereocenters. The molecule has 0 saturated carbocycles. The molecule has 0 spiro atoms. The molecule has 0 bridgehead atoms. The molecule has 4 nitrogen and oxygen atoms in total. The molecule has 0 aromatic carbocycles. The van der Waals surface area contributed by atoms with E-state index >= 15 is 0 Å². The molecule has 4 heteroatoms. The van der Waals surface area contributed by atoms with Crippen molar-refractivity contribution < 1.29 is 9.53 Å². The van der Waals surface area contributed by atoms with Crippen molar-refractivity contribution in [3.8, 4) is 0 Å². The Labute approximate surface area is 104 Å². The van der Waals surface area contributed by atoms with Crippen molar-refractivity contribution in [2.24, 2.45) is 5.73 Å². The molecule has 1 fully saturated rings. The highest BCUT2D eigenvalue weighted by molar-refractivity contribution is 5.75. The predicted molar refractivity (Wildman–Crippen MR) is 68.7 cm³/mol. The van der Waals surface area contributed by atoms with Crippen LogP contribution in [0.5, 0.6) is 0 Å². The number of nitrogens with one attached hydrogen (secondary N) is 1. The zero-order valence-electron chi connectivity index (χ0n) is 11.1. The minimum Gasteiger partial charge on any atom is -0.378 e. The van der Waals surface area contributed by atoms with Crippen LogP contribution >= 0.6 is 0 Å². The maximum atomic E-state index is 11.2. The summed E-state index contributed by atoms with van der Waals surface area (Å²) in [7, 11) is 0. The highest BCUT2D eigenvalue weighted by atomic mass is 16.5. The molecule has 2 atom stereocenters. The summed E-state index contributed by atoms with van der Waals surface area (Å²) >= 11 is 0. The Kier molecular flexibility index (Phi) is 5.92. The number of carbonyl (C=O) groups is 1. The predicted octanol–water partition coefficient (Wildman–Crippen LogP) is 1.58. The van der Waals surface area contributed by atoms with Crippen molar-refractivity contribution in [1.29, 1.82) is 0 Å². The van der Waals surface area contributed by atoms with E-state index in [1.807, 2.05) is 0 Å². The molecular formula is C13H26N2O2. The normalized spacial score (nSPS) is 29.2. The van der Waals surface area contributed by atoms with Gasteiger partial charge in [-0.1, -0.05) is 20.3 Å². The van der Waals surface area contributed by atoms with E-state index in [0.29, 0.717) is 6.42 Å². The van der Waals surface area contributed by atoms with Crippen molar-refractivity contribution in [3.63, 3.8) is 0 Å². The lowest BCUT2D eigenvalue weighted by Gasteiger charge is -2.41. The van der Waals surface area contributed by atoms with E-state index in [1.54, 1.807) is 0 Å². The zero-order chi connectivity index (χ0) is 12.7. The Bertz CT molecular complexity index is 244. The van der Waals surface area contributed by atoms with Crippen molar-refractivity contribution in [2.45, 2.75) is 64.0 Å². The summed E-state index contributed by atoms with van der Waals surface area (Å²) in [6, 6.07) is 0. The summed E-state index contributed by atoms with van der Waals surface area (Å²) in [5.74, 6) is -0.217. The molecule has 0 aliphatic carbocycles. The van der Waals surface area contributed by atoms with Crippen LogP contribution < -0.4 is 11.1 Å². The van der Waals surface area contributed by atoms with Gasteiger partial charge in [-0.05, 0) is 32.2 Å². The molecule has 1 saturated heterocycles. The Hall–Kier alpha value is -0.610. The molecule has 0 radical (unpaired) electrons. The third kappa shape index (κ3) is 4.64. The van der Waals surface area contributed by atoms with Crippen molar-refractivity contribution in [1.82, 2.24) is 5.32 Å².